The van der Waals surface area contributed by atoms with Gasteiger partial charge in [0.25, 0.3) is 0 Å². The zero-order chi connectivity index (χ0) is 23.3. The molecule has 0 radical (unpaired) electrons. The Hall–Kier alpha value is -2.79. The first-order valence-corrected chi connectivity index (χ1v) is 12.4. The van der Waals surface area contributed by atoms with E-state index in [-0.39, 0.29) is 4.75 Å². The van der Waals surface area contributed by atoms with E-state index in [0.717, 1.165) is 60.7 Å². The molecule has 4 rings (SSSR count). The third-order valence-electron chi connectivity index (χ3n) is 6.39. The minimum atomic E-state index is -1.12. The first-order valence-electron chi connectivity index (χ1n) is 11.2. The average molecular weight is 463 g/mol. The molecule has 3 aromatic rings. The summed E-state index contributed by atoms with van der Waals surface area (Å²) in [4.78, 5) is 7.67. The van der Waals surface area contributed by atoms with Crippen molar-refractivity contribution in [1.82, 2.24) is 14.5 Å². The smallest absolute Gasteiger partial charge is 0.0991 e. The van der Waals surface area contributed by atoms with Crippen LogP contribution in [0, 0.1) is 18.3 Å². The maximum absolute atomic E-state index is 13.6. The molecule has 1 fully saturated rings. The molecule has 1 saturated heterocycles. The zero-order valence-corrected chi connectivity index (χ0v) is 20.1. The molecule has 2 aromatic carbocycles. The first kappa shape index (κ1) is 23.4. The molecule has 7 heteroatoms. The van der Waals surface area contributed by atoms with E-state index in [0.29, 0.717) is 12.2 Å². The lowest BCUT2D eigenvalue weighted by atomic mass is 9.96. The van der Waals surface area contributed by atoms with Gasteiger partial charge in [-0.3, -0.25) is 9.11 Å². The molecule has 33 heavy (non-hydrogen) atoms. The summed E-state index contributed by atoms with van der Waals surface area (Å²) in [5, 5.41) is 9.00. The Morgan fingerprint density at radius 1 is 1.15 bits per heavy atom. The first-order chi connectivity index (χ1) is 16.0. The molecule has 0 N–H and O–H groups in total. The fourth-order valence-corrected chi connectivity index (χ4v) is 6.25. The van der Waals surface area contributed by atoms with Gasteiger partial charge in [-0.1, -0.05) is 24.3 Å². The van der Waals surface area contributed by atoms with Crippen molar-refractivity contribution in [1.29, 1.82) is 5.26 Å². The molecule has 172 valence electrons. The molecule has 1 aliphatic rings. The van der Waals surface area contributed by atoms with Crippen LogP contribution in [0.3, 0.4) is 0 Å². The molecule has 1 unspecified atom stereocenters. The number of methoxy groups -OCH3 is 1. The Balaban J connectivity index is 1.42. The number of ether oxygens (including phenoxy) is 1. The van der Waals surface area contributed by atoms with Crippen molar-refractivity contribution in [3.8, 4) is 6.07 Å². The second kappa shape index (κ2) is 10.4. The summed E-state index contributed by atoms with van der Waals surface area (Å²) >= 11 is 0. The predicted molar refractivity (Wildman–Crippen MR) is 129 cm³/mol. The summed E-state index contributed by atoms with van der Waals surface area (Å²) in [6.45, 7) is 5.79. The van der Waals surface area contributed by atoms with E-state index in [9.17, 15) is 4.21 Å². The highest BCUT2D eigenvalue weighted by Crippen LogP contribution is 2.33. The minimum Gasteiger partial charge on any atom is -0.383 e. The highest BCUT2D eigenvalue weighted by molar-refractivity contribution is 7.86. The number of hydrogen-bond acceptors (Lipinski definition) is 5. The van der Waals surface area contributed by atoms with E-state index < -0.39 is 10.8 Å². The number of benzene rings is 2. The van der Waals surface area contributed by atoms with Crippen molar-refractivity contribution >= 4 is 10.8 Å². The second-order valence-corrected chi connectivity index (χ2v) is 10.7. The van der Waals surface area contributed by atoms with Gasteiger partial charge in [-0.15, -0.1) is 0 Å². The Bertz CT molecular complexity index is 1140. The van der Waals surface area contributed by atoms with Crippen LogP contribution in [-0.4, -0.2) is 50.2 Å². The molecule has 2 heterocycles. The fraction of sp³-hybridized carbons (Fsp3) is 0.385. The van der Waals surface area contributed by atoms with E-state index in [1.165, 1.54) is 0 Å². The maximum atomic E-state index is 13.6. The lowest BCUT2D eigenvalue weighted by molar-refractivity contribution is 0.111. The third-order valence-corrected chi connectivity index (χ3v) is 8.39. The van der Waals surface area contributed by atoms with Crippen LogP contribution in [0.2, 0.25) is 0 Å². The largest absolute Gasteiger partial charge is 0.383 e. The SMILES string of the molecule is COCC1(S(=O)c2cccc(C)c2)CCN(Cc2cncn2Cc2ccc(C#N)cc2)CC1. The molecule has 0 aliphatic carbocycles. The fourth-order valence-electron chi connectivity index (χ4n) is 4.48. The van der Waals surface area contributed by atoms with Crippen LogP contribution < -0.4 is 0 Å². The van der Waals surface area contributed by atoms with Crippen LogP contribution in [0.25, 0.3) is 0 Å². The molecular weight excluding hydrogens is 432 g/mol. The van der Waals surface area contributed by atoms with Gasteiger partial charge >= 0.3 is 0 Å². The molecular formula is C26H30N4O2S. The van der Waals surface area contributed by atoms with Gasteiger partial charge in [0.2, 0.25) is 0 Å². The number of imidazole rings is 1. The van der Waals surface area contributed by atoms with Crippen molar-refractivity contribution in [3.63, 3.8) is 0 Å². The molecule has 0 saturated carbocycles. The summed E-state index contributed by atoms with van der Waals surface area (Å²) in [5.41, 5.74) is 4.08. The summed E-state index contributed by atoms with van der Waals surface area (Å²) in [6, 6.07) is 17.8. The van der Waals surface area contributed by atoms with Gasteiger partial charge in [0.1, 0.15) is 0 Å². The highest BCUT2D eigenvalue weighted by atomic mass is 32.2. The van der Waals surface area contributed by atoms with Crippen molar-refractivity contribution < 1.29 is 8.95 Å². The number of nitrogens with zero attached hydrogens (tertiary/aromatic N) is 4. The number of aryl methyl sites for hydroxylation is 1. The lowest BCUT2D eigenvalue weighted by Gasteiger charge is -2.40. The van der Waals surface area contributed by atoms with E-state index in [1.807, 2.05) is 68.0 Å². The highest BCUT2D eigenvalue weighted by Gasteiger charge is 2.41. The van der Waals surface area contributed by atoms with Crippen LogP contribution >= 0.6 is 0 Å². The molecule has 0 spiro atoms. The third kappa shape index (κ3) is 5.41. The lowest BCUT2D eigenvalue weighted by Crippen LogP contribution is -2.49. The standard InChI is InChI=1S/C26H30N4O2S/c1-21-4-3-5-25(14-21)33(31)26(19-32-2)10-12-29(13-11-26)18-24-16-28-20-30(24)17-23-8-6-22(15-27)7-9-23/h3-9,14,16,20H,10-13,17-19H2,1-2H3. The molecule has 1 aliphatic heterocycles. The average Bonchev–Trinajstić information content (AvgIpc) is 3.27. The van der Waals surface area contributed by atoms with E-state index in [2.05, 4.69) is 20.5 Å². The van der Waals surface area contributed by atoms with Gasteiger partial charge in [0, 0.05) is 44.4 Å². The van der Waals surface area contributed by atoms with E-state index in [4.69, 9.17) is 10.00 Å². The van der Waals surface area contributed by atoms with Gasteiger partial charge in [-0.2, -0.15) is 5.26 Å². The monoisotopic (exact) mass is 462 g/mol. The van der Waals surface area contributed by atoms with Crippen LogP contribution in [0.15, 0.2) is 66.0 Å². The topological polar surface area (TPSA) is 71.2 Å². The van der Waals surface area contributed by atoms with E-state index >= 15 is 0 Å². The van der Waals surface area contributed by atoms with Gasteiger partial charge in [-0.05, 0) is 55.2 Å². The van der Waals surface area contributed by atoms with Crippen LogP contribution in [0.4, 0.5) is 0 Å². The number of nitriles is 1. The molecule has 0 amide bonds. The number of hydrogen-bond donors (Lipinski definition) is 0. The summed E-state index contributed by atoms with van der Waals surface area (Å²) in [6.07, 6.45) is 5.43. The number of rotatable bonds is 8. The van der Waals surface area contributed by atoms with Crippen molar-refractivity contribution in [2.45, 2.75) is 42.5 Å². The Morgan fingerprint density at radius 3 is 2.58 bits per heavy atom. The second-order valence-electron chi connectivity index (χ2n) is 8.80. The number of aromatic nitrogens is 2. The zero-order valence-electron chi connectivity index (χ0n) is 19.2. The van der Waals surface area contributed by atoms with Crippen molar-refractivity contribution in [3.05, 3.63) is 83.4 Å². The molecule has 1 aromatic heterocycles. The van der Waals surface area contributed by atoms with E-state index in [1.54, 1.807) is 7.11 Å². The molecule has 1 atom stereocenters. The summed E-state index contributed by atoms with van der Waals surface area (Å²) in [7, 11) is 0.580. The van der Waals surface area contributed by atoms with Gasteiger partial charge < -0.3 is 9.30 Å². The van der Waals surface area contributed by atoms with Gasteiger partial charge in [0.05, 0.1) is 45.8 Å². The Morgan fingerprint density at radius 2 is 1.91 bits per heavy atom. The van der Waals surface area contributed by atoms with Gasteiger partial charge in [0.15, 0.2) is 0 Å². The predicted octanol–water partition coefficient (Wildman–Crippen LogP) is 3.90. The number of piperidine rings is 1. The quantitative estimate of drug-likeness (QED) is 0.508. The Kier molecular flexibility index (Phi) is 7.39. The van der Waals surface area contributed by atoms with Gasteiger partial charge in [-0.25, -0.2) is 4.98 Å². The Labute approximate surface area is 198 Å². The maximum Gasteiger partial charge on any atom is 0.0991 e. The number of likely N-dealkylation sites (tertiary alicyclic amines) is 1. The van der Waals surface area contributed by atoms with Crippen LogP contribution in [0.1, 0.15) is 35.2 Å². The van der Waals surface area contributed by atoms with Crippen LogP contribution in [-0.2, 0) is 28.6 Å². The van der Waals surface area contributed by atoms with Crippen molar-refractivity contribution in [2.75, 3.05) is 26.8 Å². The minimum absolute atomic E-state index is 0.359. The molecule has 0 bridgehead atoms. The van der Waals surface area contributed by atoms with Crippen molar-refractivity contribution in [2.24, 2.45) is 0 Å². The normalized spacial score (nSPS) is 16.9. The summed E-state index contributed by atoms with van der Waals surface area (Å²) in [5.74, 6) is 0. The molecule has 6 nitrogen and oxygen atoms in total. The summed E-state index contributed by atoms with van der Waals surface area (Å²) < 4.78 is 20.9. The van der Waals surface area contributed by atoms with Crippen LogP contribution in [0.5, 0.6) is 0 Å².